The highest BCUT2D eigenvalue weighted by Gasteiger charge is 2.64. The lowest BCUT2D eigenvalue weighted by Crippen LogP contribution is -2.71. The number of likely N-dealkylation sites (N-methyl/N-ethyl adjacent to an activating group) is 1. The van der Waals surface area contributed by atoms with Gasteiger partial charge in [-0.15, -0.1) is 0 Å². The number of halogens is 1. The molecule has 1 amide bonds. The first-order valence-electron chi connectivity index (χ1n) is 6.64. The number of ether oxygens (including phenoxy) is 1. The molecule has 2 atom stereocenters. The molecule has 0 unspecified atom stereocenters. The molecular weight excluding hydrogens is 277 g/mol. The van der Waals surface area contributed by atoms with Crippen LogP contribution in [0.3, 0.4) is 0 Å². The van der Waals surface area contributed by atoms with E-state index in [-0.39, 0.29) is 11.9 Å². The molecule has 2 fully saturated rings. The van der Waals surface area contributed by atoms with E-state index in [1.165, 1.54) is 19.2 Å². The molecule has 2 bridgehead atoms. The molecule has 6 nitrogen and oxygen atoms in total. The minimum atomic E-state index is -1.53. The van der Waals surface area contributed by atoms with Gasteiger partial charge < -0.3 is 15.0 Å². The summed E-state index contributed by atoms with van der Waals surface area (Å²) in [7, 11) is 2.98. The zero-order chi connectivity index (χ0) is 15.2. The zero-order valence-corrected chi connectivity index (χ0v) is 11.8. The second kappa shape index (κ2) is 4.70. The van der Waals surface area contributed by atoms with Gasteiger partial charge in [0.15, 0.2) is 0 Å². The lowest BCUT2D eigenvalue weighted by Gasteiger charge is -2.41. The molecule has 2 heterocycles. The van der Waals surface area contributed by atoms with Gasteiger partial charge in [-0.05, 0) is 31.3 Å². The van der Waals surface area contributed by atoms with Crippen LogP contribution in [0.2, 0.25) is 0 Å². The molecule has 112 valence electrons. The van der Waals surface area contributed by atoms with Gasteiger partial charge in [0.25, 0.3) is 11.6 Å². The molecule has 0 saturated carbocycles. The quantitative estimate of drug-likeness (QED) is 0.612. The maximum absolute atomic E-state index is 13.1. The van der Waals surface area contributed by atoms with E-state index in [0.29, 0.717) is 18.8 Å². The largest absolute Gasteiger partial charge is 0.466 e. The average Bonchev–Trinajstić information content (AvgIpc) is 2.68. The smallest absolute Gasteiger partial charge is 0.357 e. The number of piperazine rings is 1. The highest BCUT2D eigenvalue weighted by molar-refractivity contribution is 6.11. The Morgan fingerprint density at radius 3 is 2.71 bits per heavy atom. The molecule has 3 rings (SSSR count). The van der Waals surface area contributed by atoms with Gasteiger partial charge in [0, 0.05) is 24.8 Å². The second-order valence-corrected chi connectivity index (χ2v) is 5.23. The van der Waals surface area contributed by atoms with E-state index in [1.54, 1.807) is 29.0 Å². The predicted octanol–water partition coefficient (Wildman–Crippen LogP) is -0.0548. The molecule has 0 radical (unpaired) electrons. The summed E-state index contributed by atoms with van der Waals surface area (Å²) in [6, 6.07) is 5.72. The van der Waals surface area contributed by atoms with Crippen molar-refractivity contribution in [2.75, 3.05) is 32.1 Å². The van der Waals surface area contributed by atoms with Gasteiger partial charge in [-0.1, -0.05) is 0 Å². The van der Waals surface area contributed by atoms with Crippen LogP contribution >= 0.6 is 0 Å². The Bertz CT molecular complexity index is 582. The third-order valence-electron chi connectivity index (χ3n) is 4.27. The van der Waals surface area contributed by atoms with Crippen LogP contribution in [0, 0.1) is 5.82 Å². The molecule has 2 aliphatic heterocycles. The molecule has 7 heteroatoms. The first-order chi connectivity index (χ1) is 10.0. The Morgan fingerprint density at radius 1 is 1.43 bits per heavy atom. The highest BCUT2D eigenvalue weighted by atomic mass is 19.1. The minimum Gasteiger partial charge on any atom is -0.466 e. The number of benzene rings is 1. The molecule has 21 heavy (non-hydrogen) atoms. The molecule has 2 aliphatic rings. The second-order valence-electron chi connectivity index (χ2n) is 5.23. The first-order valence-corrected chi connectivity index (χ1v) is 6.64. The summed E-state index contributed by atoms with van der Waals surface area (Å²) in [6.45, 7) is 0.946. The van der Waals surface area contributed by atoms with E-state index in [0.717, 1.165) is 0 Å². The van der Waals surface area contributed by atoms with Crippen LogP contribution in [0.5, 0.6) is 0 Å². The topological polar surface area (TPSA) is 61.9 Å². The normalized spacial score (nSPS) is 28.4. The number of fused-ring (bicyclic) bond motifs is 2. The number of anilines is 1. The summed E-state index contributed by atoms with van der Waals surface area (Å²) < 4.78 is 18.0. The lowest BCUT2D eigenvalue weighted by molar-refractivity contribution is -0.161. The van der Waals surface area contributed by atoms with Crippen LogP contribution in [0.25, 0.3) is 0 Å². The minimum absolute atomic E-state index is 0.00754. The monoisotopic (exact) mass is 293 g/mol. The summed E-state index contributed by atoms with van der Waals surface area (Å²) in [5, 5.41) is 2.74. The summed E-state index contributed by atoms with van der Waals surface area (Å²) in [6.07, 6.45) is 0. The van der Waals surface area contributed by atoms with Crippen molar-refractivity contribution in [3.63, 3.8) is 0 Å². The Labute approximate surface area is 121 Å². The van der Waals surface area contributed by atoms with Crippen molar-refractivity contribution in [2.24, 2.45) is 0 Å². The van der Waals surface area contributed by atoms with Crippen molar-refractivity contribution in [1.29, 1.82) is 0 Å². The predicted molar refractivity (Wildman–Crippen MR) is 73.1 cm³/mol. The summed E-state index contributed by atoms with van der Waals surface area (Å²) in [5.41, 5.74) is -0.927. The Kier molecular flexibility index (Phi) is 3.09. The molecule has 1 aromatic rings. The number of carbonyl (C=O) groups excluding carboxylic acids is 2. The van der Waals surface area contributed by atoms with Gasteiger partial charge >= 0.3 is 5.97 Å². The number of hydrogen-bond donors (Lipinski definition) is 1. The third-order valence-corrected chi connectivity index (χ3v) is 4.27. The number of hydrogen-bond acceptors (Lipinski definition) is 5. The number of amides is 1. The Hall–Kier alpha value is -2.15. The Morgan fingerprint density at radius 2 is 2.10 bits per heavy atom. The summed E-state index contributed by atoms with van der Waals surface area (Å²) in [5.74, 6) is -1.44. The molecule has 2 saturated heterocycles. The van der Waals surface area contributed by atoms with Crippen molar-refractivity contribution in [1.82, 2.24) is 10.2 Å². The fourth-order valence-electron chi connectivity index (χ4n) is 3.14. The zero-order valence-electron chi connectivity index (χ0n) is 11.8. The van der Waals surface area contributed by atoms with E-state index in [2.05, 4.69) is 5.32 Å². The van der Waals surface area contributed by atoms with Crippen molar-refractivity contribution in [3.8, 4) is 0 Å². The number of methoxy groups -OCH3 is 1. The fraction of sp³-hybridized carbons (Fsp3) is 0.429. The molecule has 0 aliphatic carbocycles. The molecular formula is C14H16FN3O3. The molecule has 1 N–H and O–H groups in total. The van der Waals surface area contributed by atoms with Crippen LogP contribution in [0.4, 0.5) is 10.1 Å². The van der Waals surface area contributed by atoms with Gasteiger partial charge in [-0.3, -0.25) is 9.69 Å². The number of nitrogens with zero attached hydrogens (tertiary/aromatic N) is 2. The number of nitrogens with one attached hydrogen (secondary N) is 1. The average molecular weight is 293 g/mol. The van der Waals surface area contributed by atoms with Crippen LogP contribution in [0.15, 0.2) is 24.3 Å². The number of carbonyl (C=O) groups is 2. The lowest BCUT2D eigenvalue weighted by atomic mass is 10.0. The maximum Gasteiger partial charge on any atom is 0.357 e. The SMILES string of the molecule is COC(=O)[C@]12C(=O)NC[C@H](CN1c1ccc(F)cc1)N2C. The standard InChI is InChI=1S/C14H16FN3O3/c1-17-11-7-16-12(19)14(17,13(20)21-2)18(8-11)10-5-3-9(15)4-6-10/h3-6,11H,7-8H2,1-2H3,(H,16,19)/t11-,14+/m1/s1. The van der Waals surface area contributed by atoms with Crippen LogP contribution in [-0.4, -0.2) is 55.7 Å². The van der Waals surface area contributed by atoms with E-state index in [9.17, 15) is 14.0 Å². The Balaban J connectivity index is 2.12. The van der Waals surface area contributed by atoms with Gasteiger partial charge in [-0.25, -0.2) is 9.18 Å². The number of esters is 1. The van der Waals surface area contributed by atoms with Crippen molar-refractivity contribution >= 4 is 17.6 Å². The van der Waals surface area contributed by atoms with Crippen LogP contribution in [0.1, 0.15) is 0 Å². The van der Waals surface area contributed by atoms with Crippen LogP contribution in [-0.2, 0) is 14.3 Å². The molecule has 0 aromatic heterocycles. The van der Waals surface area contributed by atoms with E-state index in [1.807, 2.05) is 0 Å². The summed E-state index contributed by atoms with van der Waals surface area (Å²) >= 11 is 0. The van der Waals surface area contributed by atoms with Crippen molar-refractivity contribution < 1.29 is 18.7 Å². The van der Waals surface area contributed by atoms with E-state index >= 15 is 0 Å². The molecule has 1 aromatic carbocycles. The van der Waals surface area contributed by atoms with E-state index in [4.69, 9.17) is 4.74 Å². The van der Waals surface area contributed by atoms with Crippen LogP contribution < -0.4 is 10.2 Å². The van der Waals surface area contributed by atoms with Gasteiger partial charge in [0.2, 0.25) is 0 Å². The van der Waals surface area contributed by atoms with E-state index < -0.39 is 17.5 Å². The fourth-order valence-corrected chi connectivity index (χ4v) is 3.14. The van der Waals surface area contributed by atoms with Gasteiger partial charge in [0.05, 0.1) is 7.11 Å². The van der Waals surface area contributed by atoms with Crippen molar-refractivity contribution in [3.05, 3.63) is 30.1 Å². The van der Waals surface area contributed by atoms with Gasteiger partial charge in [0.1, 0.15) is 5.82 Å². The number of rotatable bonds is 2. The molecule has 0 spiro atoms. The first kappa shape index (κ1) is 13.8. The van der Waals surface area contributed by atoms with Gasteiger partial charge in [-0.2, -0.15) is 0 Å². The summed E-state index contributed by atoms with van der Waals surface area (Å²) in [4.78, 5) is 28.2. The third kappa shape index (κ3) is 1.73. The van der Waals surface area contributed by atoms with Crippen molar-refractivity contribution in [2.45, 2.75) is 11.7 Å². The maximum atomic E-state index is 13.1. The highest BCUT2D eigenvalue weighted by Crippen LogP contribution is 2.37.